The van der Waals surface area contributed by atoms with Crippen LogP contribution in [0.3, 0.4) is 0 Å². The highest BCUT2D eigenvalue weighted by atomic mass is 35.5. The van der Waals surface area contributed by atoms with Gasteiger partial charge in [0, 0.05) is 18.3 Å². The largest absolute Gasteiger partial charge is 0.352 e. The Morgan fingerprint density at radius 3 is 2.62 bits per heavy atom. The molecule has 0 unspecified atom stereocenters. The predicted molar refractivity (Wildman–Crippen MR) is 107 cm³/mol. The molecule has 1 aliphatic rings. The van der Waals surface area contributed by atoms with E-state index in [2.05, 4.69) is 15.4 Å². The van der Waals surface area contributed by atoms with E-state index in [0.717, 1.165) is 31.5 Å². The number of anilines is 1. The number of rotatable bonds is 6. The Balaban J connectivity index is 0.00000243. The number of hydrogen-bond donors (Lipinski definition) is 3. The fourth-order valence-electron chi connectivity index (χ4n) is 2.75. The van der Waals surface area contributed by atoms with Crippen molar-refractivity contribution in [1.29, 1.82) is 0 Å². The Labute approximate surface area is 163 Å². The van der Waals surface area contributed by atoms with Gasteiger partial charge in [0.2, 0.25) is 5.91 Å². The molecular weight excluding hydrogens is 394 g/mol. The number of benzene rings is 1. The van der Waals surface area contributed by atoms with Gasteiger partial charge in [-0.15, -0.1) is 23.7 Å². The summed E-state index contributed by atoms with van der Waals surface area (Å²) in [5, 5.41) is 8.01. The summed E-state index contributed by atoms with van der Waals surface area (Å²) in [5.41, 5.74) is 1.33. The van der Waals surface area contributed by atoms with Crippen LogP contribution in [0.25, 0.3) is 0 Å². The number of carbonyl (C=O) groups is 1. The molecule has 1 amide bonds. The highest BCUT2D eigenvalue weighted by Gasteiger charge is 2.16. The number of sulfonamides is 1. The van der Waals surface area contributed by atoms with Crippen LogP contribution in [0, 0.1) is 0 Å². The molecule has 1 atom stereocenters. The average Bonchev–Trinajstić information content (AvgIpc) is 3.13. The zero-order valence-electron chi connectivity index (χ0n) is 14.1. The van der Waals surface area contributed by atoms with E-state index in [1.54, 1.807) is 41.8 Å². The van der Waals surface area contributed by atoms with E-state index in [-0.39, 0.29) is 35.0 Å². The van der Waals surface area contributed by atoms with Crippen molar-refractivity contribution in [2.45, 2.75) is 29.5 Å². The van der Waals surface area contributed by atoms with Crippen LogP contribution in [-0.2, 0) is 21.2 Å². The SMILES string of the molecule is Cl.O=C(Cc1ccc(NS(=O)(=O)c2cccs2)cc1)N[C@H]1CCCNC1. The summed E-state index contributed by atoms with van der Waals surface area (Å²) in [5.74, 6) is -0.0133. The van der Waals surface area contributed by atoms with Gasteiger partial charge in [0.25, 0.3) is 10.0 Å². The molecule has 3 rings (SSSR count). The number of nitrogens with one attached hydrogen (secondary N) is 3. The molecular formula is C17H22ClN3O3S2. The molecule has 2 heterocycles. The second-order valence-corrected chi connectivity index (χ2v) is 8.88. The van der Waals surface area contributed by atoms with Gasteiger partial charge in [0.15, 0.2) is 0 Å². The quantitative estimate of drug-likeness (QED) is 0.676. The number of halogens is 1. The van der Waals surface area contributed by atoms with Gasteiger partial charge >= 0.3 is 0 Å². The summed E-state index contributed by atoms with van der Waals surface area (Å²) in [4.78, 5) is 12.1. The van der Waals surface area contributed by atoms with Gasteiger partial charge in [0.1, 0.15) is 4.21 Å². The van der Waals surface area contributed by atoms with Crippen molar-refractivity contribution in [1.82, 2.24) is 10.6 Å². The van der Waals surface area contributed by atoms with Crippen LogP contribution in [0.4, 0.5) is 5.69 Å². The summed E-state index contributed by atoms with van der Waals surface area (Å²) >= 11 is 1.17. The minimum absolute atomic E-state index is 0. The Hall–Kier alpha value is -1.61. The Kier molecular flexibility index (Phi) is 7.45. The molecule has 1 aromatic heterocycles. The number of hydrogen-bond acceptors (Lipinski definition) is 5. The summed E-state index contributed by atoms with van der Waals surface area (Å²) < 4.78 is 27.2. The minimum atomic E-state index is -3.54. The lowest BCUT2D eigenvalue weighted by molar-refractivity contribution is -0.121. The summed E-state index contributed by atoms with van der Waals surface area (Å²) in [6.45, 7) is 1.82. The lowest BCUT2D eigenvalue weighted by Gasteiger charge is -2.23. The Morgan fingerprint density at radius 1 is 1.23 bits per heavy atom. The molecule has 0 radical (unpaired) electrons. The molecule has 0 spiro atoms. The summed E-state index contributed by atoms with van der Waals surface area (Å²) in [6, 6.07) is 10.3. The molecule has 0 bridgehead atoms. The van der Waals surface area contributed by atoms with E-state index in [0.29, 0.717) is 5.69 Å². The van der Waals surface area contributed by atoms with E-state index >= 15 is 0 Å². The molecule has 1 saturated heterocycles. The third-order valence-electron chi connectivity index (χ3n) is 3.99. The van der Waals surface area contributed by atoms with Crippen molar-refractivity contribution in [3.8, 4) is 0 Å². The molecule has 142 valence electrons. The molecule has 1 aromatic carbocycles. The van der Waals surface area contributed by atoms with Crippen molar-refractivity contribution < 1.29 is 13.2 Å². The first kappa shape index (κ1) is 20.7. The summed E-state index contributed by atoms with van der Waals surface area (Å²) in [6.07, 6.45) is 2.36. The second-order valence-electron chi connectivity index (χ2n) is 6.02. The van der Waals surface area contributed by atoms with Crippen LogP contribution in [0.1, 0.15) is 18.4 Å². The number of carbonyl (C=O) groups excluding carboxylic acids is 1. The van der Waals surface area contributed by atoms with Crippen LogP contribution < -0.4 is 15.4 Å². The van der Waals surface area contributed by atoms with Crippen molar-refractivity contribution in [2.75, 3.05) is 17.8 Å². The number of piperidine rings is 1. The molecule has 0 aliphatic carbocycles. The zero-order chi connectivity index (χ0) is 17.7. The molecule has 0 saturated carbocycles. The van der Waals surface area contributed by atoms with Gasteiger partial charge in [-0.25, -0.2) is 8.42 Å². The first-order valence-corrected chi connectivity index (χ1v) is 10.5. The summed E-state index contributed by atoms with van der Waals surface area (Å²) in [7, 11) is -3.54. The van der Waals surface area contributed by atoms with Gasteiger partial charge in [-0.2, -0.15) is 0 Å². The monoisotopic (exact) mass is 415 g/mol. The average molecular weight is 416 g/mol. The van der Waals surface area contributed by atoms with Crippen molar-refractivity contribution in [3.05, 3.63) is 47.3 Å². The topological polar surface area (TPSA) is 87.3 Å². The molecule has 6 nitrogen and oxygen atoms in total. The van der Waals surface area contributed by atoms with Crippen molar-refractivity contribution >= 4 is 45.4 Å². The van der Waals surface area contributed by atoms with Gasteiger partial charge in [0.05, 0.1) is 6.42 Å². The van der Waals surface area contributed by atoms with Gasteiger partial charge in [-0.05, 0) is 48.5 Å². The van der Waals surface area contributed by atoms with E-state index in [1.807, 2.05) is 0 Å². The van der Waals surface area contributed by atoms with Gasteiger partial charge < -0.3 is 10.6 Å². The number of amides is 1. The lowest BCUT2D eigenvalue weighted by Crippen LogP contribution is -2.46. The van der Waals surface area contributed by atoms with Crippen LogP contribution in [0.15, 0.2) is 46.0 Å². The maximum absolute atomic E-state index is 12.2. The van der Waals surface area contributed by atoms with Gasteiger partial charge in [-0.3, -0.25) is 9.52 Å². The maximum atomic E-state index is 12.2. The number of thiophene rings is 1. The third-order valence-corrected chi connectivity index (χ3v) is 6.77. The van der Waals surface area contributed by atoms with E-state index < -0.39 is 10.0 Å². The normalized spacial score (nSPS) is 17.2. The van der Waals surface area contributed by atoms with Crippen LogP contribution in [0.5, 0.6) is 0 Å². The molecule has 9 heteroatoms. The lowest BCUT2D eigenvalue weighted by atomic mass is 10.1. The van der Waals surface area contributed by atoms with Gasteiger partial charge in [-0.1, -0.05) is 18.2 Å². The first-order chi connectivity index (χ1) is 12.0. The third kappa shape index (κ3) is 5.70. The maximum Gasteiger partial charge on any atom is 0.271 e. The zero-order valence-corrected chi connectivity index (χ0v) is 16.6. The molecule has 26 heavy (non-hydrogen) atoms. The fourth-order valence-corrected chi connectivity index (χ4v) is 4.80. The van der Waals surface area contributed by atoms with Crippen LogP contribution >= 0.6 is 23.7 Å². The van der Waals surface area contributed by atoms with Crippen molar-refractivity contribution in [2.24, 2.45) is 0 Å². The fraction of sp³-hybridized carbons (Fsp3) is 0.353. The predicted octanol–water partition coefficient (Wildman–Crippen LogP) is 2.38. The highest BCUT2D eigenvalue weighted by molar-refractivity contribution is 7.94. The van der Waals surface area contributed by atoms with E-state index in [1.165, 1.54) is 11.3 Å². The molecule has 3 N–H and O–H groups in total. The van der Waals surface area contributed by atoms with Crippen LogP contribution in [-0.4, -0.2) is 33.5 Å². The van der Waals surface area contributed by atoms with Crippen molar-refractivity contribution in [3.63, 3.8) is 0 Å². The Bertz CT molecular complexity index is 802. The second kappa shape index (κ2) is 9.36. The smallest absolute Gasteiger partial charge is 0.271 e. The van der Waals surface area contributed by atoms with E-state index in [9.17, 15) is 13.2 Å². The standard InChI is InChI=1S/C17H21N3O3S2.ClH/c21-16(19-15-3-1-9-18-12-15)11-13-5-7-14(8-6-13)20-25(22,23)17-4-2-10-24-17;/h2,4-8,10,15,18,20H,1,3,9,11-12H2,(H,19,21);1H/t15-;/m0./s1. The molecule has 2 aromatic rings. The minimum Gasteiger partial charge on any atom is -0.352 e. The Morgan fingerprint density at radius 2 is 2.00 bits per heavy atom. The van der Waals surface area contributed by atoms with E-state index in [4.69, 9.17) is 0 Å². The van der Waals surface area contributed by atoms with Crippen LogP contribution in [0.2, 0.25) is 0 Å². The first-order valence-electron chi connectivity index (χ1n) is 8.18. The molecule has 1 aliphatic heterocycles. The molecule has 1 fully saturated rings. The highest BCUT2D eigenvalue weighted by Crippen LogP contribution is 2.20.